The summed E-state index contributed by atoms with van der Waals surface area (Å²) in [6.45, 7) is 9.44. The summed E-state index contributed by atoms with van der Waals surface area (Å²) in [5.74, 6) is 1.38. The molecule has 0 fully saturated rings. The van der Waals surface area contributed by atoms with Crippen molar-refractivity contribution >= 4 is 56.8 Å². The van der Waals surface area contributed by atoms with E-state index in [2.05, 4.69) is 54.4 Å². The predicted octanol–water partition coefficient (Wildman–Crippen LogP) is 8.82. The van der Waals surface area contributed by atoms with Crippen molar-refractivity contribution in [3.8, 4) is 11.5 Å². The van der Waals surface area contributed by atoms with E-state index in [1.165, 1.54) is 0 Å². The molecule has 3 aromatic carbocycles. The van der Waals surface area contributed by atoms with Gasteiger partial charge < -0.3 is 9.26 Å². The molecule has 184 valence electrons. The number of aromatic nitrogens is 2. The molecule has 1 unspecified atom stereocenters. The van der Waals surface area contributed by atoms with Crippen molar-refractivity contribution in [1.82, 2.24) is 9.78 Å². The van der Waals surface area contributed by atoms with Crippen LogP contribution in [-0.2, 0) is 6.54 Å². The van der Waals surface area contributed by atoms with E-state index < -0.39 is 12.4 Å². The summed E-state index contributed by atoms with van der Waals surface area (Å²) in [5.41, 5.74) is 2.59. The highest BCUT2D eigenvalue weighted by atomic mass is 79.9. The first-order valence-corrected chi connectivity index (χ1v) is 14.4. The van der Waals surface area contributed by atoms with Crippen LogP contribution in [0, 0.1) is 0 Å². The Hall–Kier alpha value is -2.27. The number of hydrogen-bond donors (Lipinski definition) is 0. The molecular weight excluding hydrogens is 545 g/mol. The maximum absolute atomic E-state index is 7.09. The Bertz CT molecular complexity index is 1410. The van der Waals surface area contributed by atoms with Crippen LogP contribution in [0.2, 0.25) is 5.02 Å². The van der Waals surface area contributed by atoms with E-state index in [1.807, 2.05) is 60.7 Å². The Morgan fingerprint density at radius 2 is 1.83 bits per heavy atom. The van der Waals surface area contributed by atoms with Crippen LogP contribution in [0.1, 0.15) is 34.1 Å². The second kappa shape index (κ2) is 10.4. The zero-order valence-corrected chi connectivity index (χ0v) is 23.9. The molecule has 0 saturated heterocycles. The maximum Gasteiger partial charge on any atom is 0.191 e. The van der Waals surface area contributed by atoms with Crippen molar-refractivity contribution in [2.45, 2.75) is 45.8 Å². The van der Waals surface area contributed by atoms with E-state index in [4.69, 9.17) is 30.7 Å². The van der Waals surface area contributed by atoms with Crippen molar-refractivity contribution in [1.29, 1.82) is 0 Å². The maximum atomic E-state index is 7.09. The molecule has 1 heterocycles. The van der Waals surface area contributed by atoms with Crippen molar-refractivity contribution in [3.63, 3.8) is 0 Å². The smallest absolute Gasteiger partial charge is 0.191 e. The average molecular weight is 575 g/mol. The number of fused-ring (bicyclic) bond motifs is 1. The van der Waals surface area contributed by atoms with Gasteiger partial charge in [0.15, 0.2) is 7.28 Å². The number of hydrogen-bond acceptors (Lipinski definition) is 4. The quantitative estimate of drug-likeness (QED) is 0.207. The van der Waals surface area contributed by atoms with E-state index in [0.717, 1.165) is 39.5 Å². The molecular formula is C27H30BrClN3O2P. The van der Waals surface area contributed by atoms with Gasteiger partial charge in [0.1, 0.15) is 22.6 Å². The van der Waals surface area contributed by atoms with E-state index in [0.29, 0.717) is 16.5 Å². The van der Waals surface area contributed by atoms with Gasteiger partial charge in [0, 0.05) is 26.6 Å². The predicted molar refractivity (Wildman–Crippen MR) is 151 cm³/mol. The molecule has 1 atom stereocenters. The minimum Gasteiger partial charge on any atom is -0.494 e. The van der Waals surface area contributed by atoms with Gasteiger partial charge in [-0.25, -0.2) is 4.74 Å². The lowest BCUT2D eigenvalue weighted by atomic mass is 10.2. The molecule has 0 radical (unpaired) electrons. The topological polar surface area (TPSA) is 48.6 Å². The first kappa shape index (κ1) is 25.8. The molecule has 35 heavy (non-hydrogen) atoms. The molecule has 0 N–H and O–H groups in total. The first-order valence-electron chi connectivity index (χ1n) is 11.6. The van der Waals surface area contributed by atoms with Crippen LogP contribution in [0.5, 0.6) is 11.5 Å². The zero-order valence-electron chi connectivity index (χ0n) is 20.6. The lowest BCUT2D eigenvalue weighted by molar-refractivity contribution is 0.416. The monoisotopic (exact) mass is 573 g/mol. The molecule has 1 aromatic heterocycles. The van der Waals surface area contributed by atoms with Gasteiger partial charge in [-0.3, -0.25) is 4.68 Å². The third-order valence-electron chi connectivity index (χ3n) is 5.67. The number of benzene rings is 3. The fourth-order valence-corrected chi connectivity index (χ4v) is 7.87. The molecule has 4 aromatic rings. The molecule has 0 aliphatic rings. The number of halogens is 2. The number of aryl methyl sites for hydroxylation is 1. The second-order valence-corrected chi connectivity index (χ2v) is 13.9. The Morgan fingerprint density at radius 1 is 1.06 bits per heavy atom. The molecule has 0 aliphatic carbocycles. The summed E-state index contributed by atoms with van der Waals surface area (Å²) in [7, 11) is -1.21. The fraction of sp³-hybridized carbons (Fsp3) is 0.296. The minimum atomic E-state index is -2.86. The van der Waals surface area contributed by atoms with Gasteiger partial charge in [0.2, 0.25) is 0 Å². The molecule has 0 amide bonds. The number of nitrogens with zero attached hydrogens (tertiary/aromatic N) is 3. The number of ether oxygens (including phenoxy) is 1. The molecule has 0 spiro atoms. The molecule has 4 rings (SSSR count). The molecule has 0 aliphatic heterocycles. The Kier molecular flexibility index (Phi) is 7.65. The van der Waals surface area contributed by atoms with Gasteiger partial charge in [0.05, 0.1) is 12.6 Å². The largest absolute Gasteiger partial charge is 0.494 e. The van der Waals surface area contributed by atoms with E-state index in [9.17, 15) is 0 Å². The third kappa shape index (κ3) is 5.16. The summed E-state index contributed by atoms with van der Waals surface area (Å²) >= 11 is 10.0. The Labute approximate surface area is 220 Å². The molecule has 8 heteroatoms. The van der Waals surface area contributed by atoms with Crippen LogP contribution in [0.4, 0.5) is 5.69 Å². The summed E-state index contributed by atoms with van der Waals surface area (Å²) in [5, 5.41) is 6.22. The number of rotatable bonds is 7. The Morgan fingerprint density at radius 3 is 2.51 bits per heavy atom. The highest BCUT2D eigenvalue weighted by Gasteiger charge is 2.43. The lowest BCUT2D eigenvalue weighted by Gasteiger charge is -2.37. The van der Waals surface area contributed by atoms with Gasteiger partial charge in [-0.2, -0.15) is 5.10 Å². The summed E-state index contributed by atoms with van der Waals surface area (Å²) in [6, 6.07) is 21.6. The van der Waals surface area contributed by atoms with Crippen LogP contribution in [0.15, 0.2) is 75.9 Å². The van der Waals surface area contributed by atoms with Gasteiger partial charge in [-0.05, 0) is 48.9 Å². The SMILES string of the molecule is CCCn1nc2ccccc2c1P(=Nc1cc(Cl)ccc1OC)(Oc1cccc(Br)c1)C(C)(C)C. The van der Waals surface area contributed by atoms with Crippen LogP contribution in [0.3, 0.4) is 0 Å². The van der Waals surface area contributed by atoms with Crippen molar-refractivity contribution in [3.05, 3.63) is 76.2 Å². The minimum absolute atomic E-state index is 0.392. The highest BCUT2D eigenvalue weighted by Crippen LogP contribution is 2.63. The van der Waals surface area contributed by atoms with E-state index in [-0.39, 0.29) is 0 Å². The average Bonchev–Trinajstić information content (AvgIpc) is 3.16. The highest BCUT2D eigenvalue weighted by molar-refractivity contribution is 9.10. The molecule has 0 saturated carbocycles. The normalized spacial score (nSPS) is 13.5. The van der Waals surface area contributed by atoms with Crippen LogP contribution < -0.4 is 14.7 Å². The summed E-state index contributed by atoms with van der Waals surface area (Å²) in [6.07, 6.45) is 0.933. The second-order valence-electron chi connectivity index (χ2n) is 9.28. The van der Waals surface area contributed by atoms with Gasteiger partial charge >= 0.3 is 0 Å². The molecule has 5 nitrogen and oxygen atoms in total. The number of methoxy groups -OCH3 is 1. The van der Waals surface area contributed by atoms with Gasteiger partial charge in [-0.15, -0.1) is 0 Å². The van der Waals surface area contributed by atoms with E-state index >= 15 is 0 Å². The van der Waals surface area contributed by atoms with Crippen LogP contribution in [-0.4, -0.2) is 22.0 Å². The Balaban J connectivity index is 2.17. The van der Waals surface area contributed by atoms with Crippen LogP contribution in [0.25, 0.3) is 10.9 Å². The van der Waals surface area contributed by atoms with Crippen molar-refractivity contribution < 1.29 is 9.26 Å². The third-order valence-corrected chi connectivity index (χ3v) is 10.2. The molecule has 0 bridgehead atoms. The van der Waals surface area contributed by atoms with Gasteiger partial charge in [-0.1, -0.05) is 79.5 Å². The van der Waals surface area contributed by atoms with Crippen molar-refractivity contribution in [2.75, 3.05) is 7.11 Å². The van der Waals surface area contributed by atoms with Crippen molar-refractivity contribution in [2.24, 2.45) is 4.74 Å². The first-order chi connectivity index (χ1) is 16.7. The van der Waals surface area contributed by atoms with Gasteiger partial charge in [0.25, 0.3) is 0 Å². The summed E-state index contributed by atoms with van der Waals surface area (Å²) in [4.78, 5) is 0. The summed E-state index contributed by atoms with van der Waals surface area (Å²) < 4.78 is 21.3. The standard InChI is InChI=1S/C27H30BrClN3O2P/c1-6-16-32-26(22-12-7-8-13-23(22)30-32)35(27(2,3)4,34-21-11-9-10-19(28)17-21)31-24-18-20(29)14-15-25(24)33-5/h7-15,17-18H,6,16H2,1-5H3. The van der Waals surface area contributed by atoms with Crippen LogP contribution >= 0.6 is 34.8 Å². The fourth-order valence-electron chi connectivity index (χ4n) is 4.04. The zero-order chi connectivity index (χ0) is 25.2. The van der Waals surface area contributed by atoms with E-state index in [1.54, 1.807) is 7.11 Å². The lowest BCUT2D eigenvalue weighted by Crippen LogP contribution is -2.32.